The average molecular weight is 1050 g/mol. The summed E-state index contributed by atoms with van der Waals surface area (Å²) in [4.78, 5) is 2.20. The van der Waals surface area contributed by atoms with E-state index in [-0.39, 0.29) is 0 Å². The van der Waals surface area contributed by atoms with Gasteiger partial charge in [0.15, 0.2) is 0 Å². The fraction of sp³-hybridized carbons (Fsp3) is 0. The molecule has 175 valence electrons. The third-order valence-electron chi connectivity index (χ3n) is 3.45. The molecule has 1 nitrogen and oxygen atoms in total. The van der Waals surface area contributed by atoms with Crippen molar-refractivity contribution >= 4 is 175 Å². The van der Waals surface area contributed by atoms with Crippen molar-refractivity contribution in [3.05, 3.63) is 81.4 Å². The molecule has 0 N–H and O–H groups in total. The number of halogens is 12. The van der Waals surface area contributed by atoms with Crippen LogP contribution in [0.1, 0.15) is 0 Å². The van der Waals surface area contributed by atoms with Gasteiger partial charge in [-0.1, -0.05) is 52.7 Å². The molecule has 0 atom stereocenters. The minimum atomic E-state index is -5.42. The summed E-state index contributed by atoms with van der Waals surface area (Å²) in [6.45, 7) is 0. The summed E-state index contributed by atoms with van der Waals surface area (Å²) in [5.41, 5.74) is 3.11. The zero-order valence-corrected chi connectivity index (χ0v) is 31.7. The van der Waals surface area contributed by atoms with E-state index >= 15 is 0 Å². The quantitative estimate of drug-likeness (QED) is 0.182. The first-order chi connectivity index (χ1) is 14.3. The molecule has 0 bridgehead atoms. The number of benzene rings is 3. The molecule has 0 aliphatic rings. The molecule has 0 amide bonds. The van der Waals surface area contributed by atoms with Crippen molar-refractivity contribution in [2.45, 2.75) is 0 Å². The second-order valence-corrected chi connectivity index (χ2v) is 68.3. The van der Waals surface area contributed by atoms with Crippen LogP contribution in [0.4, 0.5) is 17.1 Å². The van der Waals surface area contributed by atoms with Crippen molar-refractivity contribution in [3.63, 3.8) is 0 Å². The number of hydrogen-bond donors (Lipinski definition) is 0. The van der Waals surface area contributed by atoms with Crippen molar-refractivity contribution in [1.82, 2.24) is 4.90 Å². The Bertz CT molecular complexity index is 1020. The third-order valence-corrected chi connectivity index (χ3v) is 6.84. The van der Waals surface area contributed by atoms with Crippen LogP contribution in [0.2, 0.25) is 0 Å². The molecule has 1 radical (unpaired) electrons. The normalized spacial score (nSPS) is 13.8. The van der Waals surface area contributed by atoms with Gasteiger partial charge in [-0.15, -0.1) is 0 Å². The Morgan fingerprint density at radius 2 is 0.688 bits per heavy atom. The summed E-state index contributed by atoms with van der Waals surface area (Å²) < 4.78 is 6.04. The van der Waals surface area contributed by atoms with Gasteiger partial charge >= 0.3 is 62.1 Å². The van der Waals surface area contributed by atoms with Crippen LogP contribution in [-0.4, -0.2) is 9.14 Å². The van der Waals surface area contributed by atoms with Crippen LogP contribution >= 0.6 is 149 Å². The molecule has 3 rings (SSSR count). The van der Waals surface area contributed by atoms with Gasteiger partial charge in [0.05, 0.1) is 13.4 Å². The van der Waals surface area contributed by atoms with E-state index in [1.54, 1.807) is 0 Å². The number of hydrogen-bond acceptors (Lipinski definition) is 1. The van der Waals surface area contributed by atoms with E-state index in [0.29, 0.717) is 0 Å². The Kier molecular flexibility index (Phi) is 11.2. The maximum atomic E-state index is 5.06. The molecular formula is C18H9Br6Cl6NSb. The Hall–Kier alpha value is 3.06. The standard InChI is InChI=1S/C18H9Br6N.6ClH.Sb/c19-10-1-4-16(13(22)7-10)25(17-5-2-11(20)8-14(17)23)18-6-3-12(21)9-15(18)24;;;;;;;/h1-9H;6*1H;/q+1;;;;;;;+5/p-6. The topological polar surface area (TPSA) is 5.90 Å². The van der Waals surface area contributed by atoms with E-state index < -0.39 is 9.14 Å². The van der Waals surface area contributed by atoms with Crippen molar-refractivity contribution in [3.8, 4) is 0 Å². The van der Waals surface area contributed by atoms with E-state index in [4.69, 9.17) is 53.0 Å². The van der Waals surface area contributed by atoms with Gasteiger partial charge in [0.25, 0.3) is 0 Å². The molecule has 0 fully saturated rings. The van der Waals surface area contributed by atoms with Crippen molar-refractivity contribution in [2.75, 3.05) is 0 Å². The van der Waals surface area contributed by atoms with Crippen molar-refractivity contribution in [2.24, 2.45) is 0 Å². The molecule has 0 saturated carbocycles. The van der Waals surface area contributed by atoms with Crippen LogP contribution in [-0.2, 0) is 0 Å². The van der Waals surface area contributed by atoms with Gasteiger partial charge in [-0.2, -0.15) is 0 Å². The molecule has 32 heavy (non-hydrogen) atoms. The Labute approximate surface area is 256 Å². The summed E-state index contributed by atoms with van der Waals surface area (Å²) in [5, 5.41) is 0. The monoisotopic (exact) mass is 1040 g/mol. The first-order valence-electron chi connectivity index (χ1n) is 8.03. The second kappa shape index (κ2) is 11.4. The van der Waals surface area contributed by atoms with Crippen LogP contribution in [0.5, 0.6) is 0 Å². The predicted molar refractivity (Wildman–Crippen MR) is 168 cm³/mol. The summed E-state index contributed by atoms with van der Waals surface area (Å²) >= 11 is 21.7. The summed E-state index contributed by atoms with van der Waals surface area (Å²) in [6, 6.07) is 18.5. The van der Waals surface area contributed by atoms with Crippen molar-refractivity contribution < 1.29 is 0 Å². The van der Waals surface area contributed by atoms with Gasteiger partial charge < -0.3 is 0 Å². The number of anilines is 3. The van der Waals surface area contributed by atoms with E-state index in [1.807, 2.05) is 36.4 Å². The molecule has 3 aromatic carbocycles. The Morgan fingerprint density at radius 3 is 0.875 bits per heavy atom. The fourth-order valence-electron chi connectivity index (χ4n) is 2.38. The van der Waals surface area contributed by atoms with Crippen LogP contribution in [0, 0.1) is 0 Å². The van der Waals surface area contributed by atoms with Gasteiger partial charge in [-0.3, -0.25) is 0 Å². The summed E-state index contributed by atoms with van der Waals surface area (Å²) in [5.74, 6) is 0. The summed E-state index contributed by atoms with van der Waals surface area (Å²) in [6.07, 6.45) is 0. The second-order valence-electron chi connectivity index (χ2n) is 6.08. The molecule has 0 spiro atoms. The van der Waals surface area contributed by atoms with E-state index in [0.717, 1.165) is 43.9 Å². The molecule has 0 heterocycles. The number of rotatable bonds is 3. The minimum absolute atomic E-state index is 0.992. The van der Waals surface area contributed by atoms with Crippen LogP contribution < -0.4 is 4.90 Å². The average Bonchev–Trinajstić information content (AvgIpc) is 2.57. The first kappa shape index (κ1) is 31.3. The number of nitrogens with zero attached hydrogens (tertiary/aromatic N) is 1. The third kappa shape index (κ3) is 11.6. The van der Waals surface area contributed by atoms with E-state index in [2.05, 4.69) is 119 Å². The summed E-state index contributed by atoms with van der Waals surface area (Å²) in [7, 11) is 25.0. The zero-order chi connectivity index (χ0) is 24.5. The maximum absolute atomic E-state index is 5.42. The predicted octanol–water partition coefficient (Wildman–Crippen LogP) is 13.5. The van der Waals surface area contributed by atoms with Gasteiger partial charge in [0, 0.05) is 31.6 Å². The molecule has 0 saturated heterocycles. The van der Waals surface area contributed by atoms with Crippen LogP contribution in [0.15, 0.2) is 81.4 Å². The molecule has 0 unspecified atom stereocenters. The first-order valence-corrected chi connectivity index (χ1v) is 32.2. The zero-order valence-electron chi connectivity index (χ0n) is 15.1. The SMILES string of the molecule is Brc1ccc([N+](c2ccc(Br)cc2Br)c2ccc(Br)cc2Br)c(Br)c1.[Cl][Sb-]([Cl])([Cl])([Cl])([Cl])[Cl]. The molecule has 0 aliphatic heterocycles. The Morgan fingerprint density at radius 1 is 0.469 bits per heavy atom. The molecule has 14 heteroatoms. The van der Waals surface area contributed by atoms with Gasteiger partial charge in [0.2, 0.25) is 17.1 Å². The fourth-order valence-corrected chi connectivity index (χ4v) is 6.05. The molecule has 3 aromatic rings. The van der Waals surface area contributed by atoms with Crippen molar-refractivity contribution in [1.29, 1.82) is 0 Å². The van der Waals surface area contributed by atoms with Crippen LogP contribution in [0.25, 0.3) is 0 Å². The van der Waals surface area contributed by atoms with Gasteiger partial charge in [0.1, 0.15) is 0 Å². The van der Waals surface area contributed by atoms with Crippen LogP contribution in [0.3, 0.4) is 0 Å². The van der Waals surface area contributed by atoms with Gasteiger partial charge in [-0.05, 0) is 84.2 Å². The van der Waals surface area contributed by atoms with E-state index in [1.165, 1.54) is 0 Å². The molecule has 0 aliphatic carbocycles. The molecule has 0 aromatic heterocycles. The molecular weight excluding hydrogens is 1040 g/mol. The van der Waals surface area contributed by atoms with E-state index in [9.17, 15) is 0 Å². The Balaban J connectivity index is 0.000000451. The van der Waals surface area contributed by atoms with Gasteiger partial charge in [-0.25, -0.2) is 0 Å².